The minimum atomic E-state index is -0.458. The molecule has 0 saturated carbocycles. The Labute approximate surface area is 132 Å². The molecular formula is C17H25N3O2. The van der Waals surface area contributed by atoms with Crippen LogP contribution in [0.4, 0.5) is 10.6 Å². The monoisotopic (exact) mass is 303 g/mol. The number of ether oxygens (including phenoxy) is 1. The second-order valence-electron chi connectivity index (χ2n) is 6.39. The molecule has 1 aliphatic heterocycles. The van der Waals surface area contributed by atoms with Gasteiger partial charge in [0.15, 0.2) is 0 Å². The molecule has 2 rings (SSSR count). The van der Waals surface area contributed by atoms with Crippen LogP contribution in [0.3, 0.4) is 0 Å². The van der Waals surface area contributed by atoms with Crippen molar-refractivity contribution < 1.29 is 9.53 Å². The number of anilines is 1. The van der Waals surface area contributed by atoms with Crippen LogP contribution in [0.15, 0.2) is 18.2 Å². The van der Waals surface area contributed by atoms with Crippen molar-refractivity contribution in [3.05, 3.63) is 29.5 Å². The average Bonchev–Trinajstić information content (AvgIpc) is 2.45. The summed E-state index contributed by atoms with van der Waals surface area (Å²) in [6.45, 7) is 7.09. The average molecular weight is 303 g/mol. The van der Waals surface area contributed by atoms with Gasteiger partial charge in [0.25, 0.3) is 0 Å². The lowest BCUT2D eigenvalue weighted by molar-refractivity contribution is 0.0529. The Balaban J connectivity index is 1.75. The number of carbonyl (C=O) groups excluding carboxylic acids is 1. The fourth-order valence-electron chi connectivity index (χ4n) is 2.21. The number of fused-ring (bicyclic) bond motifs is 1. The lowest BCUT2D eigenvalue weighted by Crippen LogP contribution is -2.32. The van der Waals surface area contributed by atoms with Gasteiger partial charge in [0.1, 0.15) is 11.4 Å². The van der Waals surface area contributed by atoms with E-state index in [-0.39, 0.29) is 6.09 Å². The molecule has 0 fully saturated rings. The van der Waals surface area contributed by atoms with Crippen molar-refractivity contribution >= 4 is 18.0 Å². The summed E-state index contributed by atoms with van der Waals surface area (Å²) in [5, 5.41) is 6.05. The molecule has 0 aliphatic carbocycles. The van der Waals surface area contributed by atoms with Gasteiger partial charge < -0.3 is 15.4 Å². The van der Waals surface area contributed by atoms with Gasteiger partial charge >= 0.3 is 6.09 Å². The van der Waals surface area contributed by atoms with Gasteiger partial charge in [-0.15, -0.1) is 0 Å². The van der Waals surface area contributed by atoms with E-state index in [9.17, 15) is 4.79 Å². The van der Waals surface area contributed by atoms with Gasteiger partial charge in [-0.05, 0) is 57.7 Å². The summed E-state index contributed by atoms with van der Waals surface area (Å²) < 4.78 is 5.17. The number of alkyl carbamates (subject to hydrolysis) is 1. The Hall–Kier alpha value is -2.04. The molecule has 0 bridgehead atoms. The molecule has 5 heteroatoms. The predicted molar refractivity (Wildman–Crippen MR) is 88.9 cm³/mol. The number of hydrogen-bond donors (Lipinski definition) is 2. The number of nitrogens with zero attached hydrogens (tertiary/aromatic N) is 1. The third-order valence-electron chi connectivity index (χ3n) is 3.18. The van der Waals surface area contributed by atoms with Crippen LogP contribution in [0.1, 0.15) is 44.9 Å². The third-order valence-corrected chi connectivity index (χ3v) is 3.18. The number of aromatic nitrogens is 1. The highest BCUT2D eigenvalue weighted by Gasteiger charge is 2.15. The normalized spacial score (nSPS) is 14.3. The van der Waals surface area contributed by atoms with E-state index in [1.807, 2.05) is 39.0 Å². The van der Waals surface area contributed by atoms with Crippen LogP contribution in [0.5, 0.6) is 0 Å². The summed E-state index contributed by atoms with van der Waals surface area (Å²) in [7, 11) is 0. The third kappa shape index (κ3) is 5.39. The molecule has 0 atom stereocenters. The molecule has 2 N–H and O–H groups in total. The van der Waals surface area contributed by atoms with Gasteiger partial charge in [0.05, 0.1) is 5.69 Å². The molecule has 2 heterocycles. The van der Waals surface area contributed by atoms with E-state index in [4.69, 9.17) is 4.74 Å². The van der Waals surface area contributed by atoms with E-state index in [0.29, 0.717) is 6.54 Å². The van der Waals surface area contributed by atoms with Gasteiger partial charge in [-0.1, -0.05) is 12.1 Å². The van der Waals surface area contributed by atoms with Gasteiger partial charge in [-0.25, -0.2) is 9.78 Å². The molecule has 0 unspecified atom stereocenters. The molecule has 1 aromatic heterocycles. The highest BCUT2D eigenvalue weighted by atomic mass is 16.6. The van der Waals surface area contributed by atoms with Crippen molar-refractivity contribution in [3.63, 3.8) is 0 Å². The van der Waals surface area contributed by atoms with E-state index in [2.05, 4.69) is 21.7 Å². The first kappa shape index (κ1) is 16.3. The summed E-state index contributed by atoms with van der Waals surface area (Å²) in [6.07, 6.45) is 6.62. The van der Waals surface area contributed by atoms with Crippen LogP contribution in [-0.4, -0.2) is 29.8 Å². The molecule has 22 heavy (non-hydrogen) atoms. The van der Waals surface area contributed by atoms with Crippen LogP contribution in [-0.2, 0) is 11.2 Å². The highest BCUT2D eigenvalue weighted by Crippen LogP contribution is 2.20. The summed E-state index contributed by atoms with van der Waals surface area (Å²) in [5.74, 6) is 1.00. The molecular weight excluding hydrogens is 278 g/mol. The van der Waals surface area contributed by atoms with Crippen LogP contribution < -0.4 is 10.6 Å². The Bertz CT molecular complexity index is 547. The van der Waals surface area contributed by atoms with E-state index in [1.54, 1.807) is 0 Å². The highest BCUT2D eigenvalue weighted by molar-refractivity contribution is 5.67. The lowest BCUT2D eigenvalue weighted by Gasteiger charge is -2.19. The maximum atomic E-state index is 11.5. The second kappa shape index (κ2) is 7.29. The standard InChI is InChI=1S/C17H25N3O2/c1-17(2,3)22-16(21)19-11-5-4-8-14-10-9-13-7-6-12-18-15(13)20-14/h4,8-10H,5-7,11-12H2,1-3H3,(H,18,20)(H,19,21)/b8-4+. The predicted octanol–water partition coefficient (Wildman–Crippen LogP) is 3.37. The number of rotatable bonds is 4. The number of pyridine rings is 1. The minimum absolute atomic E-state index is 0.378. The number of carbonyl (C=O) groups is 1. The Morgan fingerprint density at radius 3 is 3.05 bits per heavy atom. The first-order valence-electron chi connectivity index (χ1n) is 7.81. The smallest absolute Gasteiger partial charge is 0.407 e. The zero-order chi connectivity index (χ0) is 16.0. The first-order valence-corrected chi connectivity index (χ1v) is 7.81. The second-order valence-corrected chi connectivity index (χ2v) is 6.39. The maximum Gasteiger partial charge on any atom is 0.407 e. The fourth-order valence-corrected chi connectivity index (χ4v) is 2.21. The number of nitrogens with one attached hydrogen (secondary N) is 2. The van der Waals surface area contributed by atoms with Crippen LogP contribution in [0.2, 0.25) is 0 Å². The Morgan fingerprint density at radius 2 is 2.27 bits per heavy atom. The van der Waals surface area contributed by atoms with Crippen molar-refractivity contribution in [2.75, 3.05) is 18.4 Å². The zero-order valence-corrected chi connectivity index (χ0v) is 13.6. The number of amides is 1. The van der Waals surface area contributed by atoms with Crippen LogP contribution in [0, 0.1) is 0 Å². The van der Waals surface area contributed by atoms with Gasteiger partial charge in [0, 0.05) is 13.1 Å². The molecule has 1 aliphatic rings. The van der Waals surface area contributed by atoms with E-state index in [0.717, 1.165) is 30.9 Å². The van der Waals surface area contributed by atoms with Crippen molar-refractivity contribution in [1.82, 2.24) is 10.3 Å². The van der Waals surface area contributed by atoms with Crippen LogP contribution >= 0.6 is 0 Å². The van der Waals surface area contributed by atoms with Gasteiger partial charge in [-0.3, -0.25) is 0 Å². The molecule has 1 aromatic rings. The fraction of sp³-hybridized carbons (Fsp3) is 0.529. The van der Waals surface area contributed by atoms with Crippen molar-refractivity contribution in [1.29, 1.82) is 0 Å². The Kier molecular flexibility index (Phi) is 5.41. The first-order chi connectivity index (χ1) is 10.4. The molecule has 0 saturated heterocycles. The summed E-state index contributed by atoms with van der Waals surface area (Å²) in [4.78, 5) is 16.1. The van der Waals surface area contributed by atoms with Gasteiger partial charge in [0.2, 0.25) is 0 Å². The van der Waals surface area contributed by atoms with E-state index < -0.39 is 5.60 Å². The van der Waals surface area contributed by atoms with Crippen molar-refractivity contribution in [2.24, 2.45) is 0 Å². The summed E-state index contributed by atoms with van der Waals surface area (Å²) in [6, 6.07) is 4.16. The van der Waals surface area contributed by atoms with Gasteiger partial charge in [-0.2, -0.15) is 0 Å². The lowest BCUT2D eigenvalue weighted by atomic mass is 10.1. The zero-order valence-electron chi connectivity index (χ0n) is 13.6. The largest absolute Gasteiger partial charge is 0.444 e. The minimum Gasteiger partial charge on any atom is -0.444 e. The number of aryl methyl sites for hydroxylation is 1. The quantitative estimate of drug-likeness (QED) is 0.837. The molecule has 0 aromatic carbocycles. The summed E-state index contributed by atoms with van der Waals surface area (Å²) >= 11 is 0. The molecule has 0 spiro atoms. The molecule has 1 amide bonds. The number of hydrogen-bond acceptors (Lipinski definition) is 4. The summed E-state index contributed by atoms with van der Waals surface area (Å²) in [5.41, 5.74) is 1.76. The van der Waals surface area contributed by atoms with E-state index >= 15 is 0 Å². The molecule has 120 valence electrons. The van der Waals surface area contributed by atoms with Crippen molar-refractivity contribution in [3.8, 4) is 0 Å². The Morgan fingerprint density at radius 1 is 1.45 bits per heavy atom. The molecule has 5 nitrogen and oxygen atoms in total. The SMILES string of the molecule is CC(C)(C)OC(=O)NCC/C=C/c1ccc2c(n1)NCCC2. The van der Waals surface area contributed by atoms with Crippen molar-refractivity contribution in [2.45, 2.75) is 45.6 Å². The van der Waals surface area contributed by atoms with Crippen LogP contribution in [0.25, 0.3) is 6.08 Å². The van der Waals surface area contributed by atoms with E-state index in [1.165, 1.54) is 12.0 Å². The molecule has 0 radical (unpaired) electrons. The maximum absolute atomic E-state index is 11.5. The topological polar surface area (TPSA) is 63.2 Å².